The molecule has 0 spiro atoms. The number of nitrogens with zero attached hydrogens (tertiary/aromatic N) is 1. The molecule has 0 radical (unpaired) electrons. The summed E-state index contributed by atoms with van der Waals surface area (Å²) in [5, 5.41) is 0. The first-order valence-corrected chi connectivity index (χ1v) is 7.36. The smallest absolute Gasteiger partial charge is 0.123 e. The highest BCUT2D eigenvalue weighted by molar-refractivity contribution is 5.19. The van der Waals surface area contributed by atoms with Crippen LogP contribution in [-0.4, -0.2) is 37.7 Å². The van der Waals surface area contributed by atoms with Gasteiger partial charge in [-0.2, -0.15) is 0 Å². The van der Waals surface area contributed by atoms with E-state index in [4.69, 9.17) is 10.5 Å². The van der Waals surface area contributed by atoms with E-state index in [2.05, 4.69) is 11.8 Å². The van der Waals surface area contributed by atoms with Crippen molar-refractivity contribution in [2.24, 2.45) is 11.7 Å². The summed E-state index contributed by atoms with van der Waals surface area (Å²) in [5.74, 6) is 0.413. The first-order chi connectivity index (χ1) is 9.60. The fourth-order valence-corrected chi connectivity index (χ4v) is 2.81. The second kappa shape index (κ2) is 7.16. The molecule has 0 saturated carbocycles. The second-order valence-electron chi connectivity index (χ2n) is 5.79. The largest absolute Gasteiger partial charge is 0.380 e. The number of benzene rings is 1. The van der Waals surface area contributed by atoms with Gasteiger partial charge in [-0.1, -0.05) is 19.1 Å². The number of nitrogens with two attached hydrogens (primary N) is 1. The highest BCUT2D eigenvalue weighted by Gasteiger charge is 2.25. The summed E-state index contributed by atoms with van der Waals surface area (Å²) in [6.07, 6.45) is 2.38. The van der Waals surface area contributed by atoms with E-state index in [0.717, 1.165) is 31.6 Å². The molecule has 2 N–H and O–H groups in total. The molecule has 1 aromatic carbocycles. The summed E-state index contributed by atoms with van der Waals surface area (Å²) < 4.78 is 18.4. The number of rotatable bonds is 5. The Morgan fingerprint density at radius 3 is 2.75 bits per heavy atom. The Morgan fingerprint density at radius 2 is 2.10 bits per heavy atom. The van der Waals surface area contributed by atoms with E-state index in [1.54, 1.807) is 19.2 Å². The predicted molar refractivity (Wildman–Crippen MR) is 79.0 cm³/mol. The summed E-state index contributed by atoms with van der Waals surface area (Å²) in [4.78, 5) is 2.41. The zero-order valence-corrected chi connectivity index (χ0v) is 12.4. The molecule has 1 aliphatic rings. The Morgan fingerprint density at radius 1 is 1.40 bits per heavy atom. The van der Waals surface area contributed by atoms with Crippen molar-refractivity contribution in [1.82, 2.24) is 4.90 Å². The summed E-state index contributed by atoms with van der Waals surface area (Å²) in [6.45, 7) is 5.30. The standard InChI is InChI=1S/C16H25FN2O/c1-12-7-9-19(11-16(12)20-2)10-8-15(18)13-3-5-14(17)6-4-13/h3-6,12,15-16H,7-11,18H2,1-2H3. The van der Waals surface area contributed by atoms with Crippen LogP contribution in [0.3, 0.4) is 0 Å². The van der Waals surface area contributed by atoms with Gasteiger partial charge in [0.1, 0.15) is 5.82 Å². The lowest BCUT2D eigenvalue weighted by atomic mass is 9.95. The topological polar surface area (TPSA) is 38.5 Å². The maximum atomic E-state index is 12.9. The SMILES string of the molecule is COC1CN(CCC(N)c2ccc(F)cc2)CCC1C. The average Bonchev–Trinajstić information content (AvgIpc) is 2.46. The number of likely N-dealkylation sites (tertiary alicyclic amines) is 1. The van der Waals surface area contributed by atoms with Crippen molar-refractivity contribution < 1.29 is 9.13 Å². The molecule has 3 unspecified atom stereocenters. The van der Waals surface area contributed by atoms with Crippen molar-refractivity contribution in [1.29, 1.82) is 0 Å². The van der Waals surface area contributed by atoms with Gasteiger partial charge in [0.2, 0.25) is 0 Å². The average molecular weight is 280 g/mol. The Balaban J connectivity index is 1.81. The lowest BCUT2D eigenvalue weighted by Crippen LogP contribution is -2.44. The van der Waals surface area contributed by atoms with Gasteiger partial charge < -0.3 is 15.4 Å². The van der Waals surface area contributed by atoms with E-state index in [9.17, 15) is 4.39 Å². The number of piperidine rings is 1. The molecule has 2 rings (SSSR count). The van der Waals surface area contributed by atoms with Gasteiger partial charge in [-0.3, -0.25) is 0 Å². The molecular weight excluding hydrogens is 255 g/mol. The molecule has 112 valence electrons. The number of hydrogen-bond acceptors (Lipinski definition) is 3. The van der Waals surface area contributed by atoms with Crippen molar-refractivity contribution in [3.63, 3.8) is 0 Å². The predicted octanol–water partition coefficient (Wildman–Crippen LogP) is 2.57. The van der Waals surface area contributed by atoms with Gasteiger partial charge in [0.25, 0.3) is 0 Å². The van der Waals surface area contributed by atoms with Crippen LogP contribution in [0.5, 0.6) is 0 Å². The molecule has 0 aliphatic carbocycles. The summed E-state index contributed by atoms with van der Waals surface area (Å²) in [5.41, 5.74) is 7.18. The van der Waals surface area contributed by atoms with Gasteiger partial charge in [-0.25, -0.2) is 4.39 Å². The van der Waals surface area contributed by atoms with Crippen LogP contribution in [0.4, 0.5) is 4.39 Å². The first-order valence-electron chi connectivity index (χ1n) is 7.36. The molecule has 3 nitrogen and oxygen atoms in total. The number of ether oxygens (including phenoxy) is 1. The summed E-state index contributed by atoms with van der Waals surface area (Å²) in [6, 6.07) is 6.46. The Kier molecular flexibility index (Phi) is 5.52. The van der Waals surface area contributed by atoms with E-state index < -0.39 is 0 Å². The molecule has 0 amide bonds. The van der Waals surface area contributed by atoms with Crippen molar-refractivity contribution in [2.75, 3.05) is 26.7 Å². The Bertz CT molecular complexity index is 409. The van der Waals surface area contributed by atoms with E-state index in [-0.39, 0.29) is 11.9 Å². The van der Waals surface area contributed by atoms with E-state index in [1.165, 1.54) is 18.6 Å². The fourth-order valence-electron chi connectivity index (χ4n) is 2.81. The van der Waals surface area contributed by atoms with Crippen molar-refractivity contribution in [2.45, 2.75) is 31.9 Å². The Hall–Kier alpha value is -0.970. The van der Waals surface area contributed by atoms with Crippen LogP contribution >= 0.6 is 0 Å². The van der Waals surface area contributed by atoms with Crippen LogP contribution in [-0.2, 0) is 4.74 Å². The molecule has 1 aliphatic heterocycles. The molecule has 4 heteroatoms. The van der Waals surface area contributed by atoms with Crippen LogP contribution in [0.25, 0.3) is 0 Å². The molecular formula is C16H25FN2O. The minimum atomic E-state index is -0.214. The number of methoxy groups -OCH3 is 1. The third kappa shape index (κ3) is 4.01. The monoisotopic (exact) mass is 280 g/mol. The van der Waals surface area contributed by atoms with Gasteiger partial charge >= 0.3 is 0 Å². The second-order valence-corrected chi connectivity index (χ2v) is 5.79. The number of hydrogen-bond donors (Lipinski definition) is 1. The highest BCUT2D eigenvalue weighted by Crippen LogP contribution is 2.21. The Labute approximate surface area is 120 Å². The molecule has 0 aromatic heterocycles. The molecule has 1 heterocycles. The molecule has 3 atom stereocenters. The van der Waals surface area contributed by atoms with Gasteiger partial charge in [0, 0.05) is 26.2 Å². The minimum Gasteiger partial charge on any atom is -0.380 e. The van der Waals surface area contributed by atoms with Crippen molar-refractivity contribution in [3.05, 3.63) is 35.6 Å². The molecule has 1 saturated heterocycles. The van der Waals surface area contributed by atoms with Crippen LogP contribution in [0, 0.1) is 11.7 Å². The normalized spacial score (nSPS) is 25.6. The summed E-state index contributed by atoms with van der Waals surface area (Å²) in [7, 11) is 1.79. The fraction of sp³-hybridized carbons (Fsp3) is 0.625. The first kappa shape index (κ1) is 15.4. The highest BCUT2D eigenvalue weighted by atomic mass is 19.1. The third-order valence-electron chi connectivity index (χ3n) is 4.33. The zero-order chi connectivity index (χ0) is 14.5. The van der Waals surface area contributed by atoms with E-state index in [0.29, 0.717) is 12.0 Å². The molecule has 0 bridgehead atoms. The van der Waals surface area contributed by atoms with Gasteiger partial charge in [-0.05, 0) is 43.0 Å². The maximum Gasteiger partial charge on any atom is 0.123 e. The van der Waals surface area contributed by atoms with Crippen molar-refractivity contribution in [3.8, 4) is 0 Å². The van der Waals surface area contributed by atoms with Crippen LogP contribution in [0.15, 0.2) is 24.3 Å². The quantitative estimate of drug-likeness (QED) is 0.901. The van der Waals surface area contributed by atoms with E-state index in [1.807, 2.05) is 0 Å². The van der Waals surface area contributed by atoms with Crippen LogP contribution in [0.2, 0.25) is 0 Å². The lowest BCUT2D eigenvalue weighted by Gasteiger charge is -2.36. The van der Waals surface area contributed by atoms with E-state index >= 15 is 0 Å². The minimum absolute atomic E-state index is 0.0315. The van der Waals surface area contributed by atoms with Gasteiger partial charge in [-0.15, -0.1) is 0 Å². The van der Waals surface area contributed by atoms with Crippen molar-refractivity contribution >= 4 is 0 Å². The van der Waals surface area contributed by atoms with Crippen LogP contribution in [0.1, 0.15) is 31.4 Å². The van der Waals surface area contributed by atoms with Gasteiger partial charge in [0.15, 0.2) is 0 Å². The van der Waals surface area contributed by atoms with Gasteiger partial charge in [0.05, 0.1) is 6.10 Å². The lowest BCUT2D eigenvalue weighted by molar-refractivity contribution is -0.00555. The molecule has 1 fully saturated rings. The third-order valence-corrected chi connectivity index (χ3v) is 4.33. The molecule has 20 heavy (non-hydrogen) atoms. The van der Waals surface area contributed by atoms with Crippen LogP contribution < -0.4 is 5.73 Å². The summed E-state index contributed by atoms with van der Waals surface area (Å²) >= 11 is 0. The zero-order valence-electron chi connectivity index (χ0n) is 12.4. The number of halogens is 1. The molecule has 1 aromatic rings. The maximum absolute atomic E-state index is 12.9.